The van der Waals surface area contributed by atoms with Gasteiger partial charge in [-0.05, 0) is 30.7 Å². The van der Waals surface area contributed by atoms with Crippen molar-refractivity contribution in [2.75, 3.05) is 11.9 Å². The number of nitrogens with two attached hydrogens (primary N) is 1. The maximum Gasteiger partial charge on any atom is 0.248 e. The third-order valence-electron chi connectivity index (χ3n) is 3.91. The summed E-state index contributed by atoms with van der Waals surface area (Å²) in [5.41, 5.74) is 8.39. The number of amides is 1. The molecule has 4 N–H and O–H groups in total. The Bertz CT molecular complexity index is 882. The Hall–Kier alpha value is -3.06. The van der Waals surface area contributed by atoms with E-state index in [2.05, 4.69) is 10.4 Å². The van der Waals surface area contributed by atoms with Crippen molar-refractivity contribution < 1.29 is 14.3 Å². The molecule has 1 aromatic carbocycles. The molecule has 3 rings (SSSR count). The minimum atomic E-state index is -0.454. The van der Waals surface area contributed by atoms with Crippen molar-refractivity contribution in [1.29, 1.82) is 0 Å². The molecule has 0 unspecified atom stereocenters. The molecule has 3 aromatic rings. The highest BCUT2D eigenvalue weighted by molar-refractivity contribution is 5.92. The molecule has 0 fully saturated rings. The fourth-order valence-corrected chi connectivity index (χ4v) is 2.63. The molecule has 0 atom stereocenters. The van der Waals surface area contributed by atoms with Crippen LogP contribution >= 0.6 is 0 Å². The van der Waals surface area contributed by atoms with Gasteiger partial charge in [-0.15, -0.1) is 0 Å². The standard InChI is InChI=1S/C18H20N4O3/c1-12-15(5-8-25-12)16-10-17(22(21-16)6-7-23)20-11-13-3-2-4-14(9-13)18(19)24/h2-5,8-10,20,23H,6-7,11H2,1H3,(H2,19,24). The van der Waals surface area contributed by atoms with Gasteiger partial charge in [0.05, 0.1) is 25.1 Å². The lowest BCUT2D eigenvalue weighted by Crippen LogP contribution is -2.12. The number of aliphatic hydroxyl groups excluding tert-OH is 1. The van der Waals surface area contributed by atoms with E-state index in [-0.39, 0.29) is 6.61 Å². The minimum absolute atomic E-state index is 0.0165. The van der Waals surface area contributed by atoms with Crippen LogP contribution in [0, 0.1) is 6.92 Å². The van der Waals surface area contributed by atoms with Gasteiger partial charge in [0.15, 0.2) is 0 Å². The normalized spacial score (nSPS) is 10.8. The third-order valence-corrected chi connectivity index (χ3v) is 3.91. The van der Waals surface area contributed by atoms with E-state index in [1.165, 1.54) is 0 Å². The molecule has 25 heavy (non-hydrogen) atoms. The zero-order valence-electron chi connectivity index (χ0n) is 13.9. The molecule has 0 bridgehead atoms. The zero-order valence-corrected chi connectivity index (χ0v) is 13.9. The van der Waals surface area contributed by atoms with Gasteiger partial charge in [-0.25, -0.2) is 4.68 Å². The van der Waals surface area contributed by atoms with Crippen molar-refractivity contribution in [3.05, 3.63) is 59.5 Å². The number of aromatic nitrogens is 2. The second kappa shape index (κ2) is 7.23. The van der Waals surface area contributed by atoms with Crippen LogP contribution < -0.4 is 11.1 Å². The van der Waals surface area contributed by atoms with E-state index < -0.39 is 5.91 Å². The Balaban J connectivity index is 1.82. The smallest absolute Gasteiger partial charge is 0.248 e. The van der Waals surface area contributed by atoms with Gasteiger partial charge in [-0.3, -0.25) is 4.79 Å². The molecular formula is C18H20N4O3. The van der Waals surface area contributed by atoms with Crippen LogP contribution in [0.2, 0.25) is 0 Å². The van der Waals surface area contributed by atoms with Crippen molar-refractivity contribution >= 4 is 11.7 Å². The molecule has 0 aliphatic carbocycles. The number of benzene rings is 1. The predicted molar refractivity (Wildman–Crippen MR) is 94.0 cm³/mol. The van der Waals surface area contributed by atoms with E-state index in [4.69, 9.17) is 10.2 Å². The number of carbonyl (C=O) groups is 1. The number of nitrogens with zero attached hydrogens (tertiary/aromatic N) is 2. The molecular weight excluding hydrogens is 320 g/mol. The Kier molecular flexibility index (Phi) is 4.85. The van der Waals surface area contributed by atoms with Crippen LogP contribution in [0.4, 0.5) is 5.82 Å². The van der Waals surface area contributed by atoms with Gasteiger partial charge in [-0.2, -0.15) is 5.10 Å². The summed E-state index contributed by atoms with van der Waals surface area (Å²) in [7, 11) is 0. The van der Waals surface area contributed by atoms with Crippen molar-refractivity contribution in [2.24, 2.45) is 5.73 Å². The Morgan fingerprint density at radius 1 is 1.36 bits per heavy atom. The first-order valence-corrected chi connectivity index (χ1v) is 7.94. The lowest BCUT2D eigenvalue weighted by molar-refractivity contribution is 0.1000. The molecule has 1 amide bonds. The lowest BCUT2D eigenvalue weighted by Gasteiger charge is -2.09. The topological polar surface area (TPSA) is 106 Å². The summed E-state index contributed by atoms with van der Waals surface area (Å²) in [4.78, 5) is 11.3. The number of nitrogens with one attached hydrogen (secondary N) is 1. The van der Waals surface area contributed by atoms with Gasteiger partial charge in [-0.1, -0.05) is 12.1 Å². The van der Waals surface area contributed by atoms with Crippen LogP contribution in [-0.4, -0.2) is 27.4 Å². The summed E-state index contributed by atoms with van der Waals surface area (Å²) in [6.07, 6.45) is 1.62. The molecule has 0 aliphatic rings. The number of rotatable bonds is 7. The zero-order chi connectivity index (χ0) is 17.8. The molecule has 7 nitrogen and oxygen atoms in total. The number of anilines is 1. The van der Waals surface area contributed by atoms with Gasteiger partial charge in [0, 0.05) is 23.7 Å². The Labute approximate surface area is 145 Å². The number of aryl methyl sites for hydroxylation is 1. The van der Waals surface area contributed by atoms with E-state index in [1.54, 1.807) is 29.1 Å². The molecule has 0 radical (unpaired) electrons. The largest absolute Gasteiger partial charge is 0.469 e. The monoisotopic (exact) mass is 340 g/mol. The second-order valence-electron chi connectivity index (χ2n) is 5.67. The first-order chi connectivity index (χ1) is 12.1. The number of furan rings is 1. The van der Waals surface area contributed by atoms with Crippen LogP contribution in [0.25, 0.3) is 11.3 Å². The van der Waals surface area contributed by atoms with Crippen LogP contribution in [-0.2, 0) is 13.1 Å². The van der Waals surface area contributed by atoms with Gasteiger partial charge < -0.3 is 20.6 Å². The van der Waals surface area contributed by atoms with E-state index in [0.29, 0.717) is 18.7 Å². The molecule has 0 aliphatic heterocycles. The summed E-state index contributed by atoms with van der Waals surface area (Å²) >= 11 is 0. The first kappa shape index (κ1) is 16.8. The maximum absolute atomic E-state index is 11.3. The molecule has 2 aromatic heterocycles. The summed E-state index contributed by atoms with van der Waals surface area (Å²) < 4.78 is 7.04. The first-order valence-electron chi connectivity index (χ1n) is 7.94. The number of carbonyl (C=O) groups excluding carboxylic acids is 1. The summed E-state index contributed by atoms with van der Waals surface area (Å²) in [6, 6.07) is 10.9. The molecule has 130 valence electrons. The van der Waals surface area contributed by atoms with Crippen molar-refractivity contribution in [1.82, 2.24) is 9.78 Å². The van der Waals surface area contributed by atoms with Crippen LogP contribution in [0.15, 0.2) is 47.1 Å². The van der Waals surface area contributed by atoms with Crippen molar-refractivity contribution in [3.63, 3.8) is 0 Å². The van der Waals surface area contributed by atoms with Gasteiger partial charge in [0.25, 0.3) is 0 Å². The van der Waals surface area contributed by atoms with E-state index in [9.17, 15) is 9.90 Å². The summed E-state index contributed by atoms with van der Waals surface area (Å²) in [6.45, 7) is 2.74. The molecule has 0 spiro atoms. The molecule has 0 saturated carbocycles. The van der Waals surface area contributed by atoms with Crippen LogP contribution in [0.5, 0.6) is 0 Å². The minimum Gasteiger partial charge on any atom is -0.469 e. The number of hydrogen-bond donors (Lipinski definition) is 3. The highest BCUT2D eigenvalue weighted by Gasteiger charge is 2.13. The highest BCUT2D eigenvalue weighted by Crippen LogP contribution is 2.26. The SMILES string of the molecule is Cc1occc1-c1cc(NCc2cccc(C(N)=O)c2)n(CCO)n1. The van der Waals surface area contributed by atoms with E-state index in [1.807, 2.05) is 25.1 Å². The fourth-order valence-electron chi connectivity index (χ4n) is 2.63. The molecule has 7 heteroatoms. The third kappa shape index (κ3) is 3.72. The average molecular weight is 340 g/mol. The number of aliphatic hydroxyl groups is 1. The van der Waals surface area contributed by atoms with Gasteiger partial charge >= 0.3 is 0 Å². The predicted octanol–water partition coefficient (Wildman–Crippen LogP) is 2.15. The highest BCUT2D eigenvalue weighted by atomic mass is 16.3. The van der Waals surface area contributed by atoms with Gasteiger partial charge in [0.1, 0.15) is 11.6 Å². The summed E-state index contributed by atoms with van der Waals surface area (Å²) in [5, 5.41) is 17.1. The van der Waals surface area contributed by atoms with Crippen LogP contribution in [0.1, 0.15) is 21.7 Å². The van der Waals surface area contributed by atoms with Crippen molar-refractivity contribution in [3.8, 4) is 11.3 Å². The van der Waals surface area contributed by atoms with E-state index >= 15 is 0 Å². The quantitative estimate of drug-likeness (QED) is 0.611. The molecule has 2 heterocycles. The van der Waals surface area contributed by atoms with Gasteiger partial charge in [0.2, 0.25) is 5.91 Å². The van der Waals surface area contributed by atoms with Crippen molar-refractivity contribution in [2.45, 2.75) is 20.0 Å². The fraction of sp³-hybridized carbons (Fsp3) is 0.222. The van der Waals surface area contributed by atoms with Crippen LogP contribution in [0.3, 0.4) is 0 Å². The second-order valence-corrected chi connectivity index (χ2v) is 5.67. The van der Waals surface area contributed by atoms with E-state index in [0.717, 1.165) is 28.4 Å². The lowest BCUT2D eigenvalue weighted by atomic mass is 10.1. The average Bonchev–Trinajstić information content (AvgIpc) is 3.19. The Morgan fingerprint density at radius 2 is 2.20 bits per heavy atom. The Morgan fingerprint density at radius 3 is 2.88 bits per heavy atom. The maximum atomic E-state index is 11.3. The number of primary amides is 1. The number of hydrogen-bond acceptors (Lipinski definition) is 5. The summed E-state index contributed by atoms with van der Waals surface area (Å²) in [5.74, 6) is 1.10. The molecule has 0 saturated heterocycles.